The largest absolute Gasteiger partial charge is 0.508 e. The van der Waals surface area contributed by atoms with E-state index < -0.39 is 11.7 Å². The number of phenolic OH excluding ortho intramolecular Hbond substituents is 1. The summed E-state index contributed by atoms with van der Waals surface area (Å²) in [4.78, 5) is 0. The van der Waals surface area contributed by atoms with E-state index in [0.29, 0.717) is 19.5 Å². The highest BCUT2D eigenvalue weighted by Gasteiger charge is 2.37. The Kier molecular flexibility index (Phi) is 2.80. The van der Waals surface area contributed by atoms with E-state index in [0.717, 1.165) is 6.07 Å². The monoisotopic (exact) mass is 231 g/mol. The van der Waals surface area contributed by atoms with E-state index in [1.54, 1.807) is 0 Å². The quantitative estimate of drug-likeness (QED) is 0.778. The lowest BCUT2D eigenvalue weighted by molar-refractivity contribution is -0.138. The summed E-state index contributed by atoms with van der Waals surface area (Å²) in [6.07, 6.45) is -3.78. The predicted octanol–water partition coefficient (Wildman–Crippen LogP) is 2.49. The molecule has 16 heavy (non-hydrogen) atoms. The fraction of sp³-hybridized carbons (Fsp3) is 0.455. The number of halogens is 3. The second kappa shape index (κ2) is 3.97. The van der Waals surface area contributed by atoms with Crippen LogP contribution in [0.5, 0.6) is 5.75 Å². The summed E-state index contributed by atoms with van der Waals surface area (Å²) in [7, 11) is 0. The Labute approximate surface area is 91.1 Å². The number of phenols is 1. The van der Waals surface area contributed by atoms with Crippen molar-refractivity contribution in [3.63, 3.8) is 0 Å². The summed E-state index contributed by atoms with van der Waals surface area (Å²) < 4.78 is 38.3. The molecule has 0 aromatic heterocycles. The van der Waals surface area contributed by atoms with Crippen molar-refractivity contribution in [2.24, 2.45) is 0 Å². The minimum absolute atomic E-state index is 0.0278. The smallest absolute Gasteiger partial charge is 0.416 e. The Hall–Kier alpha value is -1.23. The van der Waals surface area contributed by atoms with Gasteiger partial charge in [0.1, 0.15) is 5.75 Å². The zero-order valence-electron chi connectivity index (χ0n) is 8.51. The van der Waals surface area contributed by atoms with Gasteiger partial charge in [0.15, 0.2) is 0 Å². The Morgan fingerprint density at radius 2 is 2.06 bits per heavy atom. The van der Waals surface area contributed by atoms with Gasteiger partial charge in [-0.05, 0) is 25.1 Å². The van der Waals surface area contributed by atoms with Gasteiger partial charge in [-0.2, -0.15) is 13.2 Å². The van der Waals surface area contributed by atoms with Gasteiger partial charge in [-0.3, -0.25) is 0 Å². The lowest BCUT2D eigenvalue weighted by Gasteiger charge is -2.18. The molecule has 1 heterocycles. The molecule has 1 fully saturated rings. The molecule has 0 aliphatic carbocycles. The Morgan fingerprint density at radius 1 is 1.31 bits per heavy atom. The maximum Gasteiger partial charge on any atom is 0.416 e. The van der Waals surface area contributed by atoms with Gasteiger partial charge in [-0.15, -0.1) is 0 Å². The highest BCUT2D eigenvalue weighted by atomic mass is 19.4. The fourth-order valence-electron chi connectivity index (χ4n) is 2.13. The third-order valence-corrected chi connectivity index (χ3v) is 2.86. The summed E-state index contributed by atoms with van der Waals surface area (Å²) in [6, 6.07) is 3.56. The van der Waals surface area contributed by atoms with Crippen LogP contribution in [0, 0.1) is 0 Å². The average Bonchev–Trinajstić information content (AvgIpc) is 2.68. The molecule has 1 aliphatic heterocycles. The second-order valence-corrected chi connectivity index (χ2v) is 3.93. The van der Waals surface area contributed by atoms with E-state index in [9.17, 15) is 18.3 Å². The van der Waals surface area contributed by atoms with E-state index in [4.69, 9.17) is 0 Å². The van der Waals surface area contributed by atoms with Crippen LogP contribution in [-0.4, -0.2) is 18.2 Å². The average molecular weight is 231 g/mol. The van der Waals surface area contributed by atoms with Gasteiger partial charge in [0.2, 0.25) is 0 Å². The third kappa shape index (κ3) is 2.00. The van der Waals surface area contributed by atoms with Crippen LogP contribution in [0.4, 0.5) is 13.2 Å². The molecular weight excluding hydrogens is 219 g/mol. The van der Waals surface area contributed by atoms with Crippen molar-refractivity contribution >= 4 is 0 Å². The number of aromatic hydroxyl groups is 1. The fourth-order valence-corrected chi connectivity index (χ4v) is 2.13. The normalized spacial score (nSPS) is 21.3. The second-order valence-electron chi connectivity index (χ2n) is 3.93. The molecular formula is C11H12F3NO. The number of hydrogen-bond acceptors (Lipinski definition) is 2. The topological polar surface area (TPSA) is 32.3 Å². The summed E-state index contributed by atoms with van der Waals surface area (Å²) in [5.74, 6) is -0.513. The maximum absolute atomic E-state index is 12.8. The van der Waals surface area contributed by atoms with Crippen molar-refractivity contribution in [3.05, 3.63) is 29.3 Å². The zero-order valence-corrected chi connectivity index (χ0v) is 8.51. The van der Waals surface area contributed by atoms with Gasteiger partial charge < -0.3 is 10.4 Å². The lowest BCUT2D eigenvalue weighted by Crippen LogP contribution is -2.14. The van der Waals surface area contributed by atoms with Crippen molar-refractivity contribution in [2.45, 2.75) is 18.5 Å². The van der Waals surface area contributed by atoms with Gasteiger partial charge in [0.05, 0.1) is 5.56 Å². The van der Waals surface area contributed by atoms with E-state index in [1.807, 2.05) is 0 Å². The Bertz CT molecular complexity index is 383. The highest BCUT2D eigenvalue weighted by molar-refractivity contribution is 5.44. The van der Waals surface area contributed by atoms with Crippen molar-refractivity contribution in [1.82, 2.24) is 5.32 Å². The summed E-state index contributed by atoms with van der Waals surface area (Å²) in [6.45, 7) is 1.18. The first kappa shape index (κ1) is 11.3. The van der Waals surface area contributed by atoms with Gasteiger partial charge in [0, 0.05) is 18.0 Å². The van der Waals surface area contributed by atoms with Crippen LogP contribution >= 0.6 is 0 Å². The van der Waals surface area contributed by atoms with Gasteiger partial charge in [-0.1, -0.05) is 6.07 Å². The van der Waals surface area contributed by atoms with Crippen molar-refractivity contribution in [1.29, 1.82) is 0 Å². The Balaban J connectivity index is 2.48. The molecule has 0 radical (unpaired) electrons. The molecule has 5 heteroatoms. The summed E-state index contributed by atoms with van der Waals surface area (Å²) in [5, 5.41) is 12.6. The molecule has 1 aromatic carbocycles. The summed E-state index contributed by atoms with van der Waals surface area (Å²) in [5.41, 5.74) is -0.693. The number of benzene rings is 1. The molecule has 0 amide bonds. The van der Waals surface area contributed by atoms with Gasteiger partial charge in [-0.25, -0.2) is 0 Å². The minimum atomic E-state index is -4.41. The van der Waals surface area contributed by atoms with Crippen LogP contribution in [0.15, 0.2) is 18.2 Å². The molecule has 0 saturated carbocycles. The van der Waals surface area contributed by atoms with Crippen LogP contribution in [-0.2, 0) is 6.18 Å². The number of hydrogen-bond donors (Lipinski definition) is 2. The minimum Gasteiger partial charge on any atom is -0.508 e. The first-order chi connectivity index (χ1) is 7.50. The van der Waals surface area contributed by atoms with Crippen molar-refractivity contribution in [3.8, 4) is 5.75 Å². The molecule has 2 N–H and O–H groups in total. The van der Waals surface area contributed by atoms with Crippen molar-refractivity contribution in [2.75, 3.05) is 13.1 Å². The van der Waals surface area contributed by atoms with Crippen LogP contribution in [0.2, 0.25) is 0 Å². The van der Waals surface area contributed by atoms with E-state index in [1.165, 1.54) is 12.1 Å². The molecule has 2 nitrogen and oxygen atoms in total. The molecule has 1 atom stereocenters. The molecule has 88 valence electrons. The first-order valence-corrected chi connectivity index (χ1v) is 5.10. The molecule has 2 rings (SSSR count). The highest BCUT2D eigenvalue weighted by Crippen LogP contribution is 2.41. The number of rotatable bonds is 1. The lowest BCUT2D eigenvalue weighted by atomic mass is 9.92. The molecule has 1 aromatic rings. The van der Waals surface area contributed by atoms with E-state index in [2.05, 4.69) is 5.32 Å². The molecule has 0 bridgehead atoms. The maximum atomic E-state index is 12.8. The Morgan fingerprint density at radius 3 is 2.62 bits per heavy atom. The zero-order chi connectivity index (χ0) is 11.8. The van der Waals surface area contributed by atoms with Gasteiger partial charge >= 0.3 is 6.18 Å². The van der Waals surface area contributed by atoms with Crippen LogP contribution in [0.1, 0.15) is 23.5 Å². The molecule has 0 spiro atoms. The van der Waals surface area contributed by atoms with E-state index >= 15 is 0 Å². The SMILES string of the molecule is Oc1cccc(C(F)(F)F)c1C1CCNC1. The molecule has 1 unspecified atom stereocenters. The van der Waals surface area contributed by atoms with E-state index in [-0.39, 0.29) is 17.2 Å². The first-order valence-electron chi connectivity index (χ1n) is 5.10. The van der Waals surface area contributed by atoms with Crippen LogP contribution < -0.4 is 5.32 Å². The summed E-state index contributed by atoms with van der Waals surface area (Å²) >= 11 is 0. The van der Waals surface area contributed by atoms with Crippen LogP contribution in [0.25, 0.3) is 0 Å². The predicted molar refractivity (Wildman–Crippen MR) is 53.3 cm³/mol. The number of nitrogens with one attached hydrogen (secondary N) is 1. The standard InChI is InChI=1S/C11H12F3NO/c12-11(13,14)8-2-1-3-9(16)10(8)7-4-5-15-6-7/h1-3,7,15-16H,4-6H2. The van der Waals surface area contributed by atoms with Crippen molar-refractivity contribution < 1.29 is 18.3 Å². The number of alkyl halides is 3. The van der Waals surface area contributed by atoms with Crippen LogP contribution in [0.3, 0.4) is 0 Å². The van der Waals surface area contributed by atoms with Gasteiger partial charge in [0.25, 0.3) is 0 Å². The third-order valence-electron chi connectivity index (χ3n) is 2.86. The molecule has 1 saturated heterocycles. The molecule has 1 aliphatic rings.